The average molecular weight is 314 g/mol. The van der Waals surface area contributed by atoms with E-state index in [0.717, 1.165) is 43.8 Å². The van der Waals surface area contributed by atoms with Crippen molar-refractivity contribution < 1.29 is 9.53 Å². The van der Waals surface area contributed by atoms with Gasteiger partial charge in [-0.15, -0.1) is 0 Å². The molecule has 2 heteroatoms. The molecule has 0 saturated heterocycles. The molecule has 4 aliphatic carbocycles. The number of hydrogen-bond donors (Lipinski definition) is 0. The lowest BCUT2D eigenvalue weighted by molar-refractivity contribution is -0.132. The standard InChI is InChI=1S/C21H30O2/c1-13-11-15(23-4)12-14-5-6-16-17-7-8-19(22)20(17,2)10-9-18(16)21(13,14)3/h5,12-13,16-18H,6-11H2,1-4H3/t13-,16-,17-,18-,20-,21-/m0/s1. The van der Waals surface area contributed by atoms with Crippen LogP contribution in [0.2, 0.25) is 0 Å². The molecule has 0 unspecified atom stereocenters. The Morgan fingerprint density at radius 1 is 1.22 bits per heavy atom. The van der Waals surface area contributed by atoms with Crippen molar-refractivity contribution in [2.24, 2.45) is 34.5 Å². The molecule has 126 valence electrons. The summed E-state index contributed by atoms with van der Waals surface area (Å²) in [5.74, 6) is 4.34. The zero-order chi connectivity index (χ0) is 16.4. The van der Waals surface area contributed by atoms with Crippen LogP contribution >= 0.6 is 0 Å². The van der Waals surface area contributed by atoms with Gasteiger partial charge in [0.15, 0.2) is 0 Å². The fraction of sp³-hybridized carbons (Fsp3) is 0.762. The second-order valence-corrected chi connectivity index (χ2v) is 8.89. The number of rotatable bonds is 1. The predicted molar refractivity (Wildman–Crippen MR) is 91.7 cm³/mol. The summed E-state index contributed by atoms with van der Waals surface area (Å²) >= 11 is 0. The molecule has 0 aromatic carbocycles. The molecule has 0 bridgehead atoms. The van der Waals surface area contributed by atoms with E-state index in [9.17, 15) is 4.79 Å². The molecule has 2 nitrogen and oxygen atoms in total. The van der Waals surface area contributed by atoms with E-state index in [-0.39, 0.29) is 10.8 Å². The van der Waals surface area contributed by atoms with E-state index in [1.54, 1.807) is 7.11 Å². The van der Waals surface area contributed by atoms with Crippen LogP contribution in [0, 0.1) is 34.5 Å². The van der Waals surface area contributed by atoms with E-state index in [4.69, 9.17) is 4.74 Å². The summed E-state index contributed by atoms with van der Waals surface area (Å²) in [5, 5.41) is 0. The van der Waals surface area contributed by atoms with Crippen molar-refractivity contribution >= 4 is 5.78 Å². The van der Waals surface area contributed by atoms with Crippen LogP contribution in [0.25, 0.3) is 0 Å². The predicted octanol–water partition coefficient (Wildman–Crippen LogP) is 4.90. The van der Waals surface area contributed by atoms with E-state index < -0.39 is 0 Å². The van der Waals surface area contributed by atoms with E-state index in [0.29, 0.717) is 23.5 Å². The first-order valence-corrected chi connectivity index (χ1v) is 9.39. The van der Waals surface area contributed by atoms with E-state index in [1.807, 2.05) is 0 Å². The molecule has 0 aromatic heterocycles. The lowest BCUT2D eigenvalue weighted by Gasteiger charge is -2.57. The maximum absolute atomic E-state index is 12.5. The van der Waals surface area contributed by atoms with E-state index in [1.165, 1.54) is 12.0 Å². The number of hydrogen-bond acceptors (Lipinski definition) is 2. The Morgan fingerprint density at radius 3 is 2.74 bits per heavy atom. The topological polar surface area (TPSA) is 26.3 Å². The molecule has 2 fully saturated rings. The van der Waals surface area contributed by atoms with Crippen molar-refractivity contribution in [1.82, 2.24) is 0 Å². The van der Waals surface area contributed by atoms with Gasteiger partial charge >= 0.3 is 0 Å². The minimum absolute atomic E-state index is 0.0195. The van der Waals surface area contributed by atoms with Gasteiger partial charge in [0.05, 0.1) is 12.9 Å². The molecule has 2 saturated carbocycles. The van der Waals surface area contributed by atoms with Gasteiger partial charge in [0.1, 0.15) is 5.78 Å². The number of carbonyl (C=O) groups excluding carboxylic acids is 1. The first kappa shape index (κ1) is 15.5. The molecule has 6 atom stereocenters. The van der Waals surface area contributed by atoms with Crippen molar-refractivity contribution in [3.05, 3.63) is 23.5 Å². The largest absolute Gasteiger partial charge is 0.501 e. The molecule has 4 aliphatic rings. The zero-order valence-electron chi connectivity index (χ0n) is 15.0. The SMILES string of the molecule is COC1=CC2=CC[C@@H]3[C@H](CC[C@]4(C)C(=O)CC[C@@H]34)[C@@]2(C)[C@@H](C)C1. The van der Waals surface area contributed by atoms with Gasteiger partial charge in [-0.1, -0.05) is 26.8 Å². The zero-order valence-corrected chi connectivity index (χ0v) is 15.0. The molecule has 0 radical (unpaired) electrons. The minimum Gasteiger partial charge on any atom is -0.501 e. The Hall–Kier alpha value is -1.05. The number of ketones is 1. The Morgan fingerprint density at radius 2 is 2.00 bits per heavy atom. The van der Waals surface area contributed by atoms with Gasteiger partial charge in [-0.05, 0) is 66.4 Å². The number of fused-ring (bicyclic) bond motifs is 5. The molecular weight excluding hydrogens is 284 g/mol. The van der Waals surface area contributed by atoms with Gasteiger partial charge in [-0.25, -0.2) is 0 Å². The monoisotopic (exact) mass is 314 g/mol. The van der Waals surface area contributed by atoms with E-state index in [2.05, 4.69) is 32.9 Å². The molecule has 4 rings (SSSR count). The summed E-state index contributed by atoms with van der Waals surface area (Å²) in [6.07, 6.45) is 11.3. The summed E-state index contributed by atoms with van der Waals surface area (Å²) < 4.78 is 5.57. The second-order valence-electron chi connectivity index (χ2n) is 8.89. The van der Waals surface area contributed by atoms with Crippen molar-refractivity contribution in [1.29, 1.82) is 0 Å². The number of methoxy groups -OCH3 is 1. The number of allylic oxidation sites excluding steroid dienone is 4. The molecular formula is C21H30O2. The van der Waals surface area contributed by atoms with Gasteiger partial charge in [0, 0.05) is 18.3 Å². The number of carbonyl (C=O) groups is 1. The molecule has 0 aromatic rings. The number of Topliss-reactive ketones (excluding diaryl/α,β-unsaturated/α-hetero) is 1. The van der Waals surface area contributed by atoms with Crippen LogP contribution in [0.15, 0.2) is 23.5 Å². The van der Waals surface area contributed by atoms with Crippen molar-refractivity contribution in [2.75, 3.05) is 7.11 Å². The van der Waals surface area contributed by atoms with Gasteiger partial charge in [0.25, 0.3) is 0 Å². The second kappa shape index (κ2) is 4.97. The lowest BCUT2D eigenvalue weighted by atomic mass is 9.47. The highest BCUT2D eigenvalue weighted by molar-refractivity contribution is 5.87. The third-order valence-electron chi connectivity index (χ3n) is 8.26. The third-order valence-corrected chi connectivity index (χ3v) is 8.26. The molecule has 0 aliphatic heterocycles. The van der Waals surface area contributed by atoms with Crippen molar-refractivity contribution in [3.8, 4) is 0 Å². The summed E-state index contributed by atoms with van der Waals surface area (Å²) in [5.41, 5.74) is 1.74. The van der Waals surface area contributed by atoms with Crippen LogP contribution in [-0.4, -0.2) is 12.9 Å². The quantitative estimate of drug-likeness (QED) is 0.688. The maximum Gasteiger partial charge on any atom is 0.139 e. The summed E-state index contributed by atoms with van der Waals surface area (Å²) in [6.45, 7) is 7.15. The molecule has 0 amide bonds. The normalized spacial score (nSPS) is 48.8. The summed E-state index contributed by atoms with van der Waals surface area (Å²) in [6, 6.07) is 0. The minimum atomic E-state index is -0.0195. The first-order chi connectivity index (χ1) is 10.9. The van der Waals surface area contributed by atoms with Gasteiger partial charge in [0.2, 0.25) is 0 Å². The van der Waals surface area contributed by atoms with Crippen LogP contribution in [0.1, 0.15) is 59.3 Å². The molecule has 0 N–H and O–H groups in total. The van der Waals surface area contributed by atoms with Crippen molar-refractivity contribution in [3.63, 3.8) is 0 Å². The first-order valence-electron chi connectivity index (χ1n) is 9.39. The fourth-order valence-corrected chi connectivity index (χ4v) is 6.58. The van der Waals surface area contributed by atoms with Gasteiger partial charge in [-0.3, -0.25) is 4.79 Å². The van der Waals surface area contributed by atoms with Crippen LogP contribution in [0.4, 0.5) is 0 Å². The average Bonchev–Trinajstić information content (AvgIpc) is 2.84. The third kappa shape index (κ3) is 1.90. The highest BCUT2D eigenvalue weighted by Gasteiger charge is 2.59. The summed E-state index contributed by atoms with van der Waals surface area (Å²) in [4.78, 5) is 12.5. The Kier molecular flexibility index (Phi) is 3.35. The number of ether oxygens (including phenoxy) is 1. The summed E-state index contributed by atoms with van der Waals surface area (Å²) in [7, 11) is 1.80. The van der Waals surface area contributed by atoms with Gasteiger partial charge in [-0.2, -0.15) is 0 Å². The highest BCUT2D eigenvalue weighted by atomic mass is 16.5. The molecule has 0 heterocycles. The van der Waals surface area contributed by atoms with E-state index >= 15 is 0 Å². The van der Waals surface area contributed by atoms with Crippen LogP contribution in [0.3, 0.4) is 0 Å². The Labute approximate surface area is 140 Å². The lowest BCUT2D eigenvalue weighted by Crippen LogP contribution is -2.51. The van der Waals surface area contributed by atoms with Crippen LogP contribution in [-0.2, 0) is 9.53 Å². The Bertz CT molecular complexity index is 601. The smallest absolute Gasteiger partial charge is 0.139 e. The molecule has 0 spiro atoms. The van der Waals surface area contributed by atoms with Crippen LogP contribution < -0.4 is 0 Å². The highest BCUT2D eigenvalue weighted by Crippen LogP contribution is 2.64. The van der Waals surface area contributed by atoms with Gasteiger partial charge < -0.3 is 4.74 Å². The molecule has 23 heavy (non-hydrogen) atoms. The maximum atomic E-state index is 12.5. The van der Waals surface area contributed by atoms with Crippen molar-refractivity contribution in [2.45, 2.75) is 59.3 Å². The van der Waals surface area contributed by atoms with Crippen LogP contribution in [0.5, 0.6) is 0 Å². The fourth-order valence-electron chi connectivity index (χ4n) is 6.58. The Balaban J connectivity index is 1.74.